The molecule has 0 radical (unpaired) electrons. The number of aromatic amines is 1. The first kappa shape index (κ1) is 31.4. The minimum atomic E-state index is -4.00. The van der Waals surface area contributed by atoms with Gasteiger partial charge in [0.2, 0.25) is 10.0 Å². The van der Waals surface area contributed by atoms with Crippen LogP contribution < -0.4 is 9.86 Å². The fraction of sp³-hybridized carbons (Fsp3) is 0.162. The van der Waals surface area contributed by atoms with Gasteiger partial charge in [-0.15, -0.1) is 0 Å². The number of hydrogen-bond acceptors (Lipinski definition) is 6. The number of nitrogens with one attached hydrogen (secondary N) is 1. The normalized spacial score (nSPS) is 14.8. The van der Waals surface area contributed by atoms with Gasteiger partial charge >= 0.3 is 0 Å². The maximum Gasteiger partial charge on any atom is 0.260 e. The summed E-state index contributed by atoms with van der Waals surface area (Å²) in [4.78, 5) is 36.6. The molecule has 1 atom stereocenters. The van der Waals surface area contributed by atoms with Crippen LogP contribution in [-0.2, 0) is 16.6 Å². The molecule has 5 heterocycles. The van der Waals surface area contributed by atoms with Crippen LogP contribution in [0.3, 0.4) is 0 Å². The molecule has 0 fully saturated rings. The van der Waals surface area contributed by atoms with E-state index < -0.39 is 40.7 Å². The number of carbonyl (C=O) groups excluding carboxylic acids is 1. The lowest BCUT2D eigenvalue weighted by Gasteiger charge is -2.37. The van der Waals surface area contributed by atoms with Crippen LogP contribution in [0.2, 0.25) is 0 Å². The number of anilines is 1. The zero-order valence-electron chi connectivity index (χ0n) is 26.6. The Labute approximate surface area is 284 Å². The van der Waals surface area contributed by atoms with Crippen LogP contribution in [0, 0.1) is 5.82 Å². The van der Waals surface area contributed by atoms with E-state index in [0.717, 1.165) is 21.8 Å². The van der Waals surface area contributed by atoms with Crippen molar-refractivity contribution in [3.05, 3.63) is 130 Å². The standard InChI is InChI=1S/C37H29F2N5O5S/c1-50(47,48)44(14-11-38)31-20-32-28(33-35(49-32)26-10-9-25(39)18-29(26)41-36(33)45)19-27(31)22-5-2-6-23(17-22)37(46)43-16-15-42-13-4-8-30(42)34(43)24-7-3-12-40-21-24/h2-10,12-13,17-21,34H,11,14-16H2,1H3,(H,41,45). The average Bonchev–Trinajstić information content (AvgIpc) is 3.74. The SMILES string of the molecule is CS(=O)(=O)N(CCF)c1cc2oc3c4ccc(F)cc4[nH]c(=O)c3c2cc1-c1cccc(C(=O)N2CCn3cccc3C2c2cccnc2)c1. The molecule has 0 aliphatic carbocycles. The highest BCUT2D eigenvalue weighted by Gasteiger charge is 2.33. The molecule has 50 heavy (non-hydrogen) atoms. The van der Waals surface area contributed by atoms with Gasteiger partial charge in [-0.1, -0.05) is 18.2 Å². The van der Waals surface area contributed by atoms with Crippen molar-refractivity contribution in [1.29, 1.82) is 0 Å². The summed E-state index contributed by atoms with van der Waals surface area (Å²) in [6.07, 6.45) is 6.38. The minimum absolute atomic E-state index is 0.108. The first-order valence-electron chi connectivity index (χ1n) is 15.8. The molecule has 0 bridgehead atoms. The fourth-order valence-electron chi connectivity index (χ4n) is 7.01. The first-order valence-corrected chi connectivity index (χ1v) is 17.7. The molecule has 1 amide bonds. The van der Waals surface area contributed by atoms with Crippen LogP contribution >= 0.6 is 0 Å². The van der Waals surface area contributed by atoms with Crippen molar-refractivity contribution in [2.24, 2.45) is 0 Å². The molecule has 0 saturated heterocycles. The number of halogens is 2. The number of amides is 1. The van der Waals surface area contributed by atoms with E-state index in [4.69, 9.17) is 4.42 Å². The number of hydrogen-bond donors (Lipinski definition) is 1. The van der Waals surface area contributed by atoms with E-state index in [2.05, 4.69) is 14.5 Å². The molecule has 1 N–H and O–H groups in total. The molecule has 1 aliphatic heterocycles. The van der Waals surface area contributed by atoms with Gasteiger partial charge in [-0.3, -0.25) is 18.9 Å². The molecule has 13 heteroatoms. The van der Waals surface area contributed by atoms with Crippen molar-refractivity contribution in [2.45, 2.75) is 12.6 Å². The predicted octanol–water partition coefficient (Wildman–Crippen LogP) is 6.41. The quantitative estimate of drug-likeness (QED) is 0.206. The highest BCUT2D eigenvalue weighted by molar-refractivity contribution is 7.92. The van der Waals surface area contributed by atoms with Gasteiger partial charge in [-0.05, 0) is 65.7 Å². The molecule has 1 unspecified atom stereocenters. The van der Waals surface area contributed by atoms with Crippen LogP contribution in [0.4, 0.5) is 14.5 Å². The lowest BCUT2D eigenvalue weighted by atomic mass is 9.97. The number of rotatable bonds is 7. The molecule has 0 saturated carbocycles. The number of benzene rings is 3. The zero-order valence-corrected chi connectivity index (χ0v) is 27.5. The second-order valence-electron chi connectivity index (χ2n) is 12.2. The summed E-state index contributed by atoms with van der Waals surface area (Å²) >= 11 is 0. The van der Waals surface area contributed by atoms with Crippen LogP contribution in [0.5, 0.6) is 0 Å². The molecule has 7 aromatic rings. The largest absolute Gasteiger partial charge is 0.455 e. The number of fused-ring (bicyclic) bond motifs is 6. The molecular formula is C37H29F2N5O5S. The Morgan fingerprint density at radius 1 is 1.04 bits per heavy atom. The van der Waals surface area contributed by atoms with E-state index in [9.17, 15) is 26.8 Å². The summed E-state index contributed by atoms with van der Waals surface area (Å²) in [6.45, 7) is -0.409. The molecule has 10 nitrogen and oxygen atoms in total. The highest BCUT2D eigenvalue weighted by atomic mass is 32.2. The topological polar surface area (TPSA) is 122 Å². The molecule has 8 rings (SSSR count). The summed E-state index contributed by atoms with van der Waals surface area (Å²) in [6, 6.07) is 21.1. The Bertz CT molecular complexity index is 2630. The third-order valence-corrected chi connectivity index (χ3v) is 10.4. The molecule has 252 valence electrons. The van der Waals surface area contributed by atoms with Crippen molar-refractivity contribution in [2.75, 3.05) is 30.3 Å². The lowest BCUT2D eigenvalue weighted by Crippen LogP contribution is -2.42. The van der Waals surface area contributed by atoms with Crippen molar-refractivity contribution in [1.82, 2.24) is 19.4 Å². The number of sulfonamides is 1. The Hall–Kier alpha value is -5.82. The molecule has 4 aromatic heterocycles. The van der Waals surface area contributed by atoms with Gasteiger partial charge in [0.05, 0.1) is 35.4 Å². The van der Waals surface area contributed by atoms with E-state index >= 15 is 0 Å². The van der Waals surface area contributed by atoms with Crippen LogP contribution in [-0.4, -0.2) is 59.8 Å². The maximum atomic E-state index is 14.4. The van der Waals surface area contributed by atoms with Crippen molar-refractivity contribution in [3.63, 3.8) is 0 Å². The second-order valence-corrected chi connectivity index (χ2v) is 14.1. The van der Waals surface area contributed by atoms with Crippen molar-refractivity contribution in [3.8, 4) is 11.1 Å². The Morgan fingerprint density at radius 2 is 1.90 bits per heavy atom. The third-order valence-electron chi connectivity index (χ3n) is 9.18. The van der Waals surface area contributed by atoms with Crippen LogP contribution in [0.25, 0.3) is 44.0 Å². The van der Waals surface area contributed by atoms with E-state index in [0.29, 0.717) is 40.6 Å². The lowest BCUT2D eigenvalue weighted by molar-refractivity contribution is 0.0664. The second kappa shape index (κ2) is 11.9. The number of pyridine rings is 2. The van der Waals surface area contributed by atoms with E-state index in [1.165, 1.54) is 24.3 Å². The van der Waals surface area contributed by atoms with Gasteiger partial charge in [0.1, 0.15) is 23.7 Å². The number of carbonyl (C=O) groups is 1. The smallest absolute Gasteiger partial charge is 0.260 e. The number of H-pyrrole nitrogens is 1. The third kappa shape index (κ3) is 5.21. The molecule has 0 spiro atoms. The Kier molecular flexibility index (Phi) is 7.52. The van der Waals surface area contributed by atoms with E-state index in [-0.39, 0.29) is 33.7 Å². The minimum Gasteiger partial charge on any atom is -0.455 e. The van der Waals surface area contributed by atoms with Crippen LogP contribution in [0.1, 0.15) is 27.7 Å². The predicted molar refractivity (Wildman–Crippen MR) is 187 cm³/mol. The number of aromatic nitrogens is 3. The highest BCUT2D eigenvalue weighted by Crippen LogP contribution is 2.41. The monoisotopic (exact) mass is 693 g/mol. The Morgan fingerprint density at radius 3 is 2.68 bits per heavy atom. The van der Waals surface area contributed by atoms with Gasteiger partial charge in [0.15, 0.2) is 0 Å². The molecule has 1 aliphatic rings. The first-order chi connectivity index (χ1) is 24.1. The maximum absolute atomic E-state index is 14.4. The number of alkyl halides is 1. The van der Waals surface area contributed by atoms with E-state index in [1.807, 2.05) is 30.5 Å². The van der Waals surface area contributed by atoms with Crippen molar-refractivity contribution < 1.29 is 26.4 Å². The zero-order chi connectivity index (χ0) is 34.7. The summed E-state index contributed by atoms with van der Waals surface area (Å²) in [5, 5.41) is 1.00. The Balaban J connectivity index is 1.31. The van der Waals surface area contributed by atoms with Crippen molar-refractivity contribution >= 4 is 54.5 Å². The van der Waals surface area contributed by atoms with Gasteiger partial charge in [-0.2, -0.15) is 0 Å². The van der Waals surface area contributed by atoms with Gasteiger partial charge < -0.3 is 18.9 Å². The molecular weight excluding hydrogens is 664 g/mol. The summed E-state index contributed by atoms with van der Waals surface area (Å²) in [5.41, 5.74) is 3.14. The number of furan rings is 1. The van der Waals surface area contributed by atoms with Crippen LogP contribution in [0.15, 0.2) is 107 Å². The molecule has 3 aromatic carbocycles. The van der Waals surface area contributed by atoms with Gasteiger partial charge in [-0.25, -0.2) is 17.2 Å². The summed E-state index contributed by atoms with van der Waals surface area (Å²) in [7, 11) is -4.00. The van der Waals surface area contributed by atoms with E-state index in [1.54, 1.807) is 47.6 Å². The summed E-state index contributed by atoms with van der Waals surface area (Å²) < 4.78 is 63.3. The number of nitrogens with zero attached hydrogens (tertiary/aromatic N) is 4. The summed E-state index contributed by atoms with van der Waals surface area (Å²) in [5.74, 6) is -0.786. The van der Waals surface area contributed by atoms with Gasteiger partial charge in [0.25, 0.3) is 11.5 Å². The van der Waals surface area contributed by atoms with Gasteiger partial charge in [0, 0.05) is 65.3 Å². The average molecular weight is 694 g/mol. The fourth-order valence-corrected chi connectivity index (χ4v) is 7.91.